The zero-order valence-electron chi connectivity index (χ0n) is 18.3. The molecule has 1 N–H and O–H groups in total. The Bertz CT molecular complexity index is 1130. The molecule has 0 unspecified atom stereocenters. The van der Waals surface area contributed by atoms with Crippen LogP contribution in [0.4, 0.5) is 5.82 Å². The van der Waals surface area contributed by atoms with E-state index in [1.165, 1.54) is 5.56 Å². The lowest BCUT2D eigenvalue weighted by Crippen LogP contribution is -2.46. The van der Waals surface area contributed by atoms with Crippen molar-refractivity contribution in [1.82, 2.24) is 15.2 Å². The van der Waals surface area contributed by atoms with Crippen molar-refractivity contribution in [3.63, 3.8) is 0 Å². The first kappa shape index (κ1) is 20.6. The maximum atomic E-state index is 12.8. The van der Waals surface area contributed by atoms with Gasteiger partial charge in [-0.15, -0.1) is 0 Å². The largest absolute Gasteiger partial charge is 0.454 e. The molecule has 7 heteroatoms. The Morgan fingerprint density at radius 2 is 1.84 bits per heavy atom. The molecule has 2 aromatic carbocycles. The van der Waals surface area contributed by atoms with Crippen LogP contribution in [0.25, 0.3) is 10.9 Å². The highest BCUT2D eigenvalue weighted by atomic mass is 16.7. The molecule has 5 rings (SSSR count). The van der Waals surface area contributed by atoms with Crippen LogP contribution in [-0.4, -0.2) is 55.3 Å². The average molecular weight is 433 g/mol. The minimum absolute atomic E-state index is 0.0341. The van der Waals surface area contributed by atoms with Crippen LogP contribution in [0.2, 0.25) is 0 Å². The Morgan fingerprint density at radius 1 is 1.03 bits per heavy atom. The molecule has 0 radical (unpaired) electrons. The van der Waals surface area contributed by atoms with Gasteiger partial charge in [-0.3, -0.25) is 9.69 Å². The third-order valence-corrected chi connectivity index (χ3v) is 6.02. The molecule has 0 saturated carbocycles. The summed E-state index contributed by atoms with van der Waals surface area (Å²) in [5.41, 5.74) is 2.78. The SMILES string of the molecule is CCCNC(=O)c1cc(N2CCN(Cc3ccc4c(c3)OCO4)CC2)nc2ccccc12. The number of carbonyl (C=O) groups excluding carboxylic acids is 1. The van der Waals surface area contributed by atoms with Gasteiger partial charge in [0.05, 0.1) is 11.1 Å². The number of hydrogen-bond acceptors (Lipinski definition) is 6. The van der Waals surface area contributed by atoms with Crippen molar-refractivity contribution in [3.8, 4) is 11.5 Å². The predicted octanol–water partition coefficient (Wildman–Crippen LogP) is 3.43. The minimum Gasteiger partial charge on any atom is -0.454 e. The van der Waals surface area contributed by atoms with Crippen molar-refractivity contribution in [1.29, 1.82) is 0 Å². The number of nitrogens with one attached hydrogen (secondary N) is 1. The van der Waals surface area contributed by atoms with Crippen LogP contribution < -0.4 is 19.7 Å². The highest BCUT2D eigenvalue weighted by Gasteiger charge is 2.22. The number of amides is 1. The molecule has 2 aliphatic heterocycles. The fraction of sp³-hybridized carbons (Fsp3) is 0.360. The molecule has 166 valence electrons. The van der Waals surface area contributed by atoms with E-state index in [-0.39, 0.29) is 5.91 Å². The molecule has 7 nitrogen and oxygen atoms in total. The van der Waals surface area contributed by atoms with E-state index in [0.29, 0.717) is 18.9 Å². The zero-order chi connectivity index (χ0) is 21.9. The Hall–Kier alpha value is -3.32. The van der Waals surface area contributed by atoms with Crippen molar-refractivity contribution in [2.75, 3.05) is 44.4 Å². The number of hydrogen-bond donors (Lipinski definition) is 1. The van der Waals surface area contributed by atoms with Crippen molar-refractivity contribution >= 4 is 22.6 Å². The van der Waals surface area contributed by atoms with Crippen LogP contribution in [0.5, 0.6) is 11.5 Å². The number of anilines is 1. The number of pyridine rings is 1. The normalized spacial score (nSPS) is 15.8. The summed E-state index contributed by atoms with van der Waals surface area (Å²) < 4.78 is 10.9. The number of benzene rings is 2. The monoisotopic (exact) mass is 432 g/mol. The van der Waals surface area contributed by atoms with Crippen molar-refractivity contribution in [2.24, 2.45) is 0 Å². The Morgan fingerprint density at radius 3 is 2.69 bits per heavy atom. The summed E-state index contributed by atoms with van der Waals surface area (Å²) in [4.78, 5) is 22.4. The standard InChI is InChI=1S/C25H28N4O3/c1-2-9-26-25(30)20-15-24(27-21-6-4-3-5-19(20)21)29-12-10-28(11-13-29)16-18-7-8-22-23(14-18)32-17-31-22/h3-8,14-15H,2,9-13,16-17H2,1H3,(H,26,30). The maximum Gasteiger partial charge on any atom is 0.252 e. The van der Waals surface area contributed by atoms with Crippen molar-refractivity contribution in [2.45, 2.75) is 19.9 Å². The molecule has 1 fully saturated rings. The first-order valence-electron chi connectivity index (χ1n) is 11.2. The molecule has 2 aliphatic rings. The highest BCUT2D eigenvalue weighted by molar-refractivity contribution is 6.07. The number of para-hydroxylation sites is 1. The second kappa shape index (κ2) is 9.04. The van der Waals surface area contributed by atoms with E-state index >= 15 is 0 Å². The van der Waals surface area contributed by atoms with Gasteiger partial charge in [-0.2, -0.15) is 0 Å². The van der Waals surface area contributed by atoms with Crippen LogP contribution in [0.3, 0.4) is 0 Å². The predicted molar refractivity (Wildman–Crippen MR) is 124 cm³/mol. The van der Waals surface area contributed by atoms with Crippen molar-refractivity contribution < 1.29 is 14.3 Å². The van der Waals surface area contributed by atoms with E-state index in [1.807, 2.05) is 36.4 Å². The quantitative estimate of drug-likeness (QED) is 0.644. The number of carbonyl (C=O) groups is 1. The fourth-order valence-electron chi connectivity index (χ4n) is 4.28. The molecule has 3 aromatic rings. The van der Waals surface area contributed by atoms with Crippen LogP contribution >= 0.6 is 0 Å². The number of rotatable bonds is 6. The van der Waals surface area contributed by atoms with E-state index in [1.54, 1.807) is 0 Å². The topological polar surface area (TPSA) is 66.9 Å². The van der Waals surface area contributed by atoms with Gasteiger partial charge in [0.2, 0.25) is 6.79 Å². The fourth-order valence-corrected chi connectivity index (χ4v) is 4.28. The first-order valence-corrected chi connectivity index (χ1v) is 11.2. The van der Waals surface area contributed by atoms with Gasteiger partial charge in [0.15, 0.2) is 11.5 Å². The molecule has 1 saturated heterocycles. The molecule has 0 spiro atoms. The Balaban J connectivity index is 1.29. The number of piperazine rings is 1. The summed E-state index contributed by atoms with van der Waals surface area (Å²) in [6, 6.07) is 16.0. The lowest BCUT2D eigenvalue weighted by molar-refractivity contribution is 0.0955. The summed E-state index contributed by atoms with van der Waals surface area (Å²) in [5.74, 6) is 2.48. The molecular weight excluding hydrogens is 404 g/mol. The van der Waals surface area contributed by atoms with E-state index in [2.05, 4.69) is 34.2 Å². The smallest absolute Gasteiger partial charge is 0.252 e. The summed E-state index contributed by atoms with van der Waals surface area (Å²) in [5, 5.41) is 3.91. The molecule has 0 bridgehead atoms. The second-order valence-corrected chi connectivity index (χ2v) is 8.25. The first-order chi connectivity index (χ1) is 15.7. The molecular formula is C25H28N4O3. The van der Waals surface area contributed by atoms with Gasteiger partial charge in [-0.05, 0) is 36.2 Å². The maximum absolute atomic E-state index is 12.8. The lowest BCUT2D eigenvalue weighted by Gasteiger charge is -2.35. The number of nitrogens with zero attached hydrogens (tertiary/aromatic N) is 3. The summed E-state index contributed by atoms with van der Waals surface area (Å²) in [6.07, 6.45) is 0.910. The van der Waals surface area contributed by atoms with Crippen LogP contribution in [-0.2, 0) is 6.54 Å². The molecule has 1 aromatic heterocycles. The molecule has 0 aliphatic carbocycles. The number of aromatic nitrogens is 1. The van der Waals surface area contributed by atoms with Crippen LogP contribution in [0.15, 0.2) is 48.5 Å². The zero-order valence-corrected chi connectivity index (χ0v) is 18.3. The molecule has 0 atom stereocenters. The number of ether oxygens (including phenoxy) is 2. The van der Waals surface area contributed by atoms with E-state index < -0.39 is 0 Å². The lowest BCUT2D eigenvalue weighted by atomic mass is 10.1. The molecule has 1 amide bonds. The van der Waals surface area contributed by atoms with Gasteiger partial charge in [-0.25, -0.2) is 4.98 Å². The van der Waals surface area contributed by atoms with Gasteiger partial charge in [-0.1, -0.05) is 31.2 Å². The van der Waals surface area contributed by atoms with E-state index in [0.717, 1.165) is 67.4 Å². The average Bonchev–Trinajstić information content (AvgIpc) is 3.30. The minimum atomic E-state index is -0.0341. The van der Waals surface area contributed by atoms with E-state index in [4.69, 9.17) is 14.5 Å². The third-order valence-electron chi connectivity index (χ3n) is 6.02. The Kier molecular flexibility index (Phi) is 5.81. The second-order valence-electron chi connectivity index (χ2n) is 8.25. The van der Waals surface area contributed by atoms with Gasteiger partial charge in [0.1, 0.15) is 5.82 Å². The van der Waals surface area contributed by atoms with Gasteiger partial charge >= 0.3 is 0 Å². The van der Waals surface area contributed by atoms with Gasteiger partial charge in [0.25, 0.3) is 5.91 Å². The van der Waals surface area contributed by atoms with Crippen LogP contribution in [0, 0.1) is 0 Å². The molecule has 3 heterocycles. The van der Waals surface area contributed by atoms with E-state index in [9.17, 15) is 4.79 Å². The summed E-state index contributed by atoms with van der Waals surface area (Å²) in [6.45, 7) is 7.50. The highest BCUT2D eigenvalue weighted by Crippen LogP contribution is 2.33. The Labute approximate surface area is 187 Å². The van der Waals surface area contributed by atoms with Crippen molar-refractivity contribution in [3.05, 3.63) is 59.7 Å². The van der Waals surface area contributed by atoms with Gasteiger partial charge in [0, 0.05) is 44.7 Å². The van der Waals surface area contributed by atoms with Crippen LogP contribution in [0.1, 0.15) is 29.3 Å². The summed E-state index contributed by atoms with van der Waals surface area (Å²) >= 11 is 0. The third kappa shape index (κ3) is 4.21. The van der Waals surface area contributed by atoms with Gasteiger partial charge < -0.3 is 19.7 Å². The number of fused-ring (bicyclic) bond motifs is 2. The molecule has 32 heavy (non-hydrogen) atoms. The summed E-state index contributed by atoms with van der Waals surface area (Å²) in [7, 11) is 0.